The normalized spacial score (nSPS) is 15.1. The number of para-hydroxylation sites is 1. The minimum Gasteiger partial charge on any atom is -0.459 e. The van der Waals surface area contributed by atoms with E-state index in [1.54, 1.807) is 7.05 Å². The summed E-state index contributed by atoms with van der Waals surface area (Å²) in [5.74, 6) is 2.52. The van der Waals surface area contributed by atoms with Crippen LogP contribution in [0.5, 0.6) is 0 Å². The molecule has 0 spiro atoms. The van der Waals surface area contributed by atoms with E-state index >= 15 is 0 Å². The molecule has 0 unspecified atom stereocenters. The molecule has 1 aliphatic carbocycles. The van der Waals surface area contributed by atoms with E-state index in [9.17, 15) is 0 Å². The Kier molecular flexibility index (Phi) is 5.18. The SMILES string of the molecule is CN=C(NCCOCC1CC1)NCc1oc2ccccc2c1C. The van der Waals surface area contributed by atoms with Crippen LogP contribution in [0.25, 0.3) is 11.0 Å². The standard InChI is InChI=1S/C18H25N3O2/c1-13-15-5-3-4-6-16(15)23-17(13)11-21-18(19-2)20-9-10-22-12-14-7-8-14/h3-6,14H,7-12H2,1-2H3,(H2,19,20,21). The molecule has 1 aliphatic rings. The minimum atomic E-state index is 0.614. The van der Waals surface area contributed by atoms with E-state index in [0.717, 1.165) is 36.4 Å². The summed E-state index contributed by atoms with van der Waals surface area (Å²) in [5, 5.41) is 7.72. The van der Waals surface area contributed by atoms with Crippen molar-refractivity contribution in [3.63, 3.8) is 0 Å². The van der Waals surface area contributed by atoms with Crippen molar-refractivity contribution < 1.29 is 9.15 Å². The fourth-order valence-electron chi connectivity index (χ4n) is 2.55. The number of ether oxygens (including phenoxy) is 1. The molecule has 5 nitrogen and oxygen atoms in total. The van der Waals surface area contributed by atoms with Crippen LogP contribution in [0.4, 0.5) is 0 Å². The van der Waals surface area contributed by atoms with Gasteiger partial charge in [0, 0.05) is 31.1 Å². The molecule has 1 fully saturated rings. The Morgan fingerprint density at radius 1 is 1.30 bits per heavy atom. The molecule has 2 aromatic rings. The third kappa shape index (κ3) is 4.26. The van der Waals surface area contributed by atoms with E-state index in [0.29, 0.717) is 13.2 Å². The third-order valence-electron chi connectivity index (χ3n) is 4.17. The number of furan rings is 1. The van der Waals surface area contributed by atoms with Gasteiger partial charge in [0.25, 0.3) is 0 Å². The second kappa shape index (κ2) is 7.51. The first-order valence-electron chi connectivity index (χ1n) is 8.27. The molecule has 0 bridgehead atoms. The molecule has 23 heavy (non-hydrogen) atoms. The molecule has 1 aromatic heterocycles. The number of aryl methyl sites for hydroxylation is 1. The Labute approximate surface area is 137 Å². The van der Waals surface area contributed by atoms with Crippen molar-refractivity contribution in [2.75, 3.05) is 26.8 Å². The Balaban J connectivity index is 1.45. The number of hydrogen-bond donors (Lipinski definition) is 2. The summed E-state index contributed by atoms with van der Waals surface area (Å²) in [6.45, 7) is 5.06. The van der Waals surface area contributed by atoms with E-state index in [2.05, 4.69) is 28.6 Å². The van der Waals surface area contributed by atoms with Gasteiger partial charge in [0.1, 0.15) is 11.3 Å². The predicted molar refractivity (Wildman–Crippen MR) is 92.7 cm³/mol. The van der Waals surface area contributed by atoms with Gasteiger partial charge in [-0.3, -0.25) is 4.99 Å². The Hall–Kier alpha value is -2.01. The number of benzene rings is 1. The monoisotopic (exact) mass is 315 g/mol. The zero-order valence-electron chi connectivity index (χ0n) is 13.9. The summed E-state index contributed by atoms with van der Waals surface area (Å²) in [5.41, 5.74) is 2.11. The maximum atomic E-state index is 5.90. The lowest BCUT2D eigenvalue weighted by atomic mass is 10.1. The Bertz CT molecular complexity index is 674. The molecule has 2 N–H and O–H groups in total. The zero-order chi connectivity index (χ0) is 16.1. The first kappa shape index (κ1) is 15.9. The summed E-state index contributed by atoms with van der Waals surface area (Å²) in [6, 6.07) is 8.10. The fourth-order valence-corrected chi connectivity index (χ4v) is 2.55. The summed E-state index contributed by atoms with van der Waals surface area (Å²) < 4.78 is 11.5. The van der Waals surface area contributed by atoms with E-state index in [1.807, 2.05) is 18.2 Å². The maximum absolute atomic E-state index is 5.90. The van der Waals surface area contributed by atoms with E-state index in [1.165, 1.54) is 23.8 Å². The zero-order valence-corrected chi connectivity index (χ0v) is 13.9. The molecular weight excluding hydrogens is 290 g/mol. The molecule has 0 aliphatic heterocycles. The second-order valence-corrected chi connectivity index (χ2v) is 6.02. The molecule has 5 heteroatoms. The largest absolute Gasteiger partial charge is 0.459 e. The van der Waals surface area contributed by atoms with Crippen molar-refractivity contribution in [1.29, 1.82) is 0 Å². The molecule has 0 saturated heterocycles. The van der Waals surface area contributed by atoms with Crippen LogP contribution in [0.1, 0.15) is 24.2 Å². The van der Waals surface area contributed by atoms with E-state index in [4.69, 9.17) is 9.15 Å². The van der Waals surface area contributed by atoms with Gasteiger partial charge < -0.3 is 19.8 Å². The van der Waals surface area contributed by atoms with Crippen LogP contribution < -0.4 is 10.6 Å². The van der Waals surface area contributed by atoms with E-state index < -0.39 is 0 Å². The second-order valence-electron chi connectivity index (χ2n) is 6.02. The summed E-state index contributed by atoms with van der Waals surface area (Å²) in [6.07, 6.45) is 2.65. The molecular formula is C18H25N3O2. The third-order valence-corrected chi connectivity index (χ3v) is 4.17. The highest BCUT2D eigenvalue weighted by Gasteiger charge is 2.20. The van der Waals surface area contributed by atoms with E-state index in [-0.39, 0.29) is 0 Å². The lowest BCUT2D eigenvalue weighted by Crippen LogP contribution is -2.38. The molecule has 1 saturated carbocycles. The Morgan fingerprint density at radius 3 is 2.87 bits per heavy atom. The van der Waals surface area contributed by atoms with Gasteiger partial charge in [0.15, 0.2) is 5.96 Å². The van der Waals surface area contributed by atoms with Crippen LogP contribution in [0, 0.1) is 12.8 Å². The quantitative estimate of drug-likeness (QED) is 0.469. The van der Waals surface area contributed by atoms with Gasteiger partial charge in [-0.25, -0.2) is 0 Å². The molecule has 3 rings (SSSR count). The summed E-state index contributed by atoms with van der Waals surface area (Å²) in [4.78, 5) is 4.23. The van der Waals surface area contributed by atoms with Gasteiger partial charge in [0.2, 0.25) is 0 Å². The number of guanidine groups is 1. The van der Waals surface area contributed by atoms with Crippen LogP contribution >= 0.6 is 0 Å². The lowest BCUT2D eigenvalue weighted by Gasteiger charge is -2.11. The topological polar surface area (TPSA) is 58.8 Å². The smallest absolute Gasteiger partial charge is 0.191 e. The van der Waals surface area contributed by atoms with Crippen molar-refractivity contribution >= 4 is 16.9 Å². The minimum absolute atomic E-state index is 0.614. The van der Waals surface area contributed by atoms with Gasteiger partial charge >= 0.3 is 0 Å². The summed E-state index contributed by atoms with van der Waals surface area (Å²) >= 11 is 0. The van der Waals surface area contributed by atoms with Crippen molar-refractivity contribution in [2.45, 2.75) is 26.3 Å². The van der Waals surface area contributed by atoms with Crippen LogP contribution in [0.15, 0.2) is 33.7 Å². The number of aliphatic imine (C=N–C) groups is 1. The first-order valence-corrected chi connectivity index (χ1v) is 8.27. The highest BCUT2D eigenvalue weighted by atomic mass is 16.5. The van der Waals surface area contributed by atoms with Gasteiger partial charge in [-0.1, -0.05) is 18.2 Å². The van der Waals surface area contributed by atoms with Crippen LogP contribution in [0.3, 0.4) is 0 Å². The highest BCUT2D eigenvalue weighted by molar-refractivity contribution is 5.82. The van der Waals surface area contributed by atoms with Crippen molar-refractivity contribution in [2.24, 2.45) is 10.9 Å². The van der Waals surface area contributed by atoms with Crippen molar-refractivity contribution in [1.82, 2.24) is 10.6 Å². The number of nitrogens with one attached hydrogen (secondary N) is 2. The van der Waals surface area contributed by atoms with Gasteiger partial charge in [0.05, 0.1) is 13.2 Å². The first-order chi connectivity index (χ1) is 11.3. The fraction of sp³-hybridized carbons (Fsp3) is 0.500. The molecule has 124 valence electrons. The summed E-state index contributed by atoms with van der Waals surface area (Å²) in [7, 11) is 1.77. The number of hydrogen-bond acceptors (Lipinski definition) is 3. The number of nitrogens with zero attached hydrogens (tertiary/aromatic N) is 1. The van der Waals surface area contributed by atoms with Gasteiger partial charge in [-0.2, -0.15) is 0 Å². The predicted octanol–water partition coefficient (Wildman–Crippen LogP) is 2.83. The Morgan fingerprint density at radius 2 is 2.13 bits per heavy atom. The molecule has 0 amide bonds. The van der Waals surface area contributed by atoms with Crippen LogP contribution in [-0.4, -0.2) is 32.8 Å². The molecule has 0 atom stereocenters. The van der Waals surface area contributed by atoms with Gasteiger partial charge in [-0.05, 0) is 31.7 Å². The number of rotatable bonds is 7. The lowest BCUT2D eigenvalue weighted by molar-refractivity contribution is 0.129. The van der Waals surface area contributed by atoms with Crippen LogP contribution in [-0.2, 0) is 11.3 Å². The van der Waals surface area contributed by atoms with Gasteiger partial charge in [-0.15, -0.1) is 0 Å². The molecule has 1 aromatic carbocycles. The maximum Gasteiger partial charge on any atom is 0.191 e. The number of fused-ring (bicyclic) bond motifs is 1. The average Bonchev–Trinajstić information content (AvgIpc) is 3.34. The molecule has 0 radical (unpaired) electrons. The molecule has 1 heterocycles. The average molecular weight is 315 g/mol. The van der Waals surface area contributed by atoms with Crippen LogP contribution in [0.2, 0.25) is 0 Å². The van der Waals surface area contributed by atoms with Crippen molar-refractivity contribution in [3.05, 3.63) is 35.6 Å². The highest BCUT2D eigenvalue weighted by Crippen LogP contribution is 2.28. The van der Waals surface area contributed by atoms with Crippen molar-refractivity contribution in [3.8, 4) is 0 Å².